The number of nitrogens with two attached hydrogens (primary N) is 1. The van der Waals surface area contributed by atoms with E-state index in [2.05, 4.69) is 14.9 Å². The Balaban J connectivity index is 1.69. The number of carbonyl (C=O) groups is 2. The van der Waals surface area contributed by atoms with Gasteiger partial charge in [-0.1, -0.05) is 17.2 Å². The third-order valence-corrected chi connectivity index (χ3v) is 7.65. The summed E-state index contributed by atoms with van der Waals surface area (Å²) in [4.78, 5) is 33.2. The van der Waals surface area contributed by atoms with Crippen molar-refractivity contribution in [2.24, 2.45) is 11.0 Å². The lowest BCUT2D eigenvalue weighted by atomic mass is 9.99. The predicted molar refractivity (Wildman–Crippen MR) is 170 cm³/mol. The summed E-state index contributed by atoms with van der Waals surface area (Å²) >= 11 is 0. The summed E-state index contributed by atoms with van der Waals surface area (Å²) in [5, 5.41) is 43.3. The minimum atomic E-state index is -4.94. The zero-order valence-electron chi connectivity index (χ0n) is 27.3. The highest BCUT2D eigenvalue weighted by molar-refractivity contribution is 7.82. The van der Waals surface area contributed by atoms with Crippen molar-refractivity contribution < 1.29 is 75.3 Å². The lowest BCUT2D eigenvalue weighted by Gasteiger charge is -2.38. The summed E-state index contributed by atoms with van der Waals surface area (Å²) in [6.45, 7) is 1.85. The van der Waals surface area contributed by atoms with Gasteiger partial charge in [0, 0.05) is 30.6 Å². The molecule has 0 radical (unpaired) electrons. The molecule has 5 atom stereocenters. The van der Waals surface area contributed by atoms with Gasteiger partial charge in [0.2, 0.25) is 6.29 Å². The summed E-state index contributed by atoms with van der Waals surface area (Å²) in [5.74, 6) is 1.49. The molecule has 22 heteroatoms. The Morgan fingerprint density at radius 2 is 1.57 bits per heavy atom. The number of aliphatic carboxylic acids is 1. The number of aliphatic hydroxyl groups is 3. The maximum atomic E-state index is 13.2. The van der Waals surface area contributed by atoms with Gasteiger partial charge in [-0.15, -0.1) is 8.42 Å². The van der Waals surface area contributed by atoms with Crippen LogP contribution in [0.2, 0.25) is 0 Å². The molecule has 1 fully saturated rings. The zero-order valence-corrected chi connectivity index (χ0v) is 28.1. The van der Waals surface area contributed by atoms with Gasteiger partial charge in [0.05, 0.1) is 46.2 Å². The number of ether oxygens (including phenoxy) is 5. The molecule has 0 spiro atoms. The molecule has 2 aromatic carbocycles. The van der Waals surface area contributed by atoms with Crippen molar-refractivity contribution >= 4 is 22.3 Å². The quantitative estimate of drug-likeness (QED) is 0.0333. The minimum absolute atomic E-state index is 0.0442. The van der Waals surface area contributed by atoms with Crippen molar-refractivity contribution in [2.75, 3.05) is 59.8 Å². The molecule has 0 bridgehead atoms. The van der Waals surface area contributed by atoms with Crippen molar-refractivity contribution in [2.45, 2.75) is 37.3 Å². The van der Waals surface area contributed by atoms with E-state index in [-0.39, 0.29) is 57.4 Å². The number of carbonyl (C=O) groups excluding carboxylic acids is 1. The summed E-state index contributed by atoms with van der Waals surface area (Å²) in [6.07, 6.45) is -9.98. The van der Waals surface area contributed by atoms with Gasteiger partial charge in [0.1, 0.15) is 24.1 Å². The molecule has 1 heterocycles. The number of amides is 1. The lowest BCUT2D eigenvalue weighted by molar-refractivity contribution is -0.271. The minimum Gasteiger partial charge on any atom is -0.479 e. The van der Waals surface area contributed by atoms with E-state index >= 15 is 0 Å². The standard InChI is InChI=1S/C29H39N5O16S/c1-34(9-11-44-13-15-45-14-12-43-10-8-32-33-30)27(38)19-4-7-21(47-29-25(37)23(35)24(36)26(48-29)28(39)40)22(16-19)50-51(41,42)49-20-5-2-18(3-6-20)17-46-31/h2-7,16,23-26,29,35-37H,8-15,17,31H2,1H3,(H,39,40)/t23-,24-,25+,26-,29+/m0/s1. The fourth-order valence-corrected chi connectivity index (χ4v) is 5.01. The maximum absolute atomic E-state index is 13.2. The average Bonchev–Trinajstić information content (AvgIpc) is 3.09. The second-order valence-electron chi connectivity index (χ2n) is 10.6. The highest BCUT2D eigenvalue weighted by atomic mass is 32.3. The summed E-state index contributed by atoms with van der Waals surface area (Å²) in [6, 6.07) is 8.86. The number of hydrogen-bond donors (Lipinski definition) is 5. The summed E-state index contributed by atoms with van der Waals surface area (Å²) in [7, 11) is -3.47. The van der Waals surface area contributed by atoms with Crippen LogP contribution in [0, 0.1) is 0 Å². The molecule has 2 aromatic rings. The van der Waals surface area contributed by atoms with Gasteiger partial charge >= 0.3 is 16.4 Å². The normalized spacial score (nSPS) is 20.2. The molecule has 3 rings (SSSR count). The van der Waals surface area contributed by atoms with Crippen LogP contribution in [0.3, 0.4) is 0 Å². The number of likely N-dealkylation sites (N-methyl/N-ethyl adjacent to an activating group) is 1. The Morgan fingerprint density at radius 1 is 0.922 bits per heavy atom. The third-order valence-electron chi connectivity index (χ3n) is 6.87. The van der Waals surface area contributed by atoms with Gasteiger partial charge in [0.25, 0.3) is 5.91 Å². The van der Waals surface area contributed by atoms with Crippen LogP contribution < -0.4 is 19.0 Å². The fourth-order valence-electron chi connectivity index (χ4n) is 4.28. The predicted octanol–water partition coefficient (Wildman–Crippen LogP) is -0.517. The number of nitrogens with zero attached hydrogens (tertiary/aromatic N) is 4. The first kappa shape index (κ1) is 41.1. The van der Waals surface area contributed by atoms with Crippen LogP contribution in [-0.2, 0) is 45.6 Å². The van der Waals surface area contributed by atoms with E-state index in [9.17, 15) is 38.4 Å². The van der Waals surface area contributed by atoms with E-state index in [0.717, 1.165) is 12.1 Å². The van der Waals surface area contributed by atoms with Crippen LogP contribution in [0.15, 0.2) is 47.6 Å². The molecule has 282 valence electrons. The summed E-state index contributed by atoms with van der Waals surface area (Å²) in [5.41, 5.74) is 8.72. The Hall–Kier alpha value is -4.32. The topological polar surface area (TPSA) is 301 Å². The van der Waals surface area contributed by atoms with Crippen molar-refractivity contribution in [3.8, 4) is 17.2 Å². The van der Waals surface area contributed by atoms with Crippen molar-refractivity contribution in [3.05, 3.63) is 64.0 Å². The number of hydrogen-bond acceptors (Lipinski definition) is 17. The van der Waals surface area contributed by atoms with Crippen LogP contribution in [0.4, 0.5) is 0 Å². The molecular formula is C29H39N5O16S. The molecule has 1 aliphatic rings. The first-order valence-electron chi connectivity index (χ1n) is 15.1. The number of carboxylic acid groups (broad SMARTS) is 1. The van der Waals surface area contributed by atoms with Gasteiger partial charge in [0.15, 0.2) is 17.6 Å². The second kappa shape index (κ2) is 20.5. The molecule has 0 aliphatic carbocycles. The van der Waals surface area contributed by atoms with Crippen LogP contribution in [0.5, 0.6) is 17.2 Å². The number of benzene rings is 2. The van der Waals surface area contributed by atoms with E-state index in [1.54, 1.807) is 0 Å². The first-order valence-corrected chi connectivity index (χ1v) is 16.5. The molecule has 51 heavy (non-hydrogen) atoms. The number of aliphatic hydroxyl groups excluding tert-OH is 3. The Labute approximate surface area is 291 Å². The molecule has 0 aromatic heterocycles. The van der Waals surface area contributed by atoms with Crippen molar-refractivity contribution in [1.82, 2.24) is 4.90 Å². The molecule has 0 saturated carbocycles. The van der Waals surface area contributed by atoms with E-state index in [1.165, 1.54) is 42.3 Å². The Morgan fingerprint density at radius 3 is 2.20 bits per heavy atom. The smallest absolute Gasteiger partial charge is 0.479 e. The van der Waals surface area contributed by atoms with Crippen molar-refractivity contribution in [1.29, 1.82) is 0 Å². The molecule has 1 saturated heterocycles. The van der Waals surface area contributed by atoms with Gasteiger partial charge in [-0.3, -0.25) is 9.63 Å². The van der Waals surface area contributed by atoms with Crippen LogP contribution in [0.1, 0.15) is 15.9 Å². The Kier molecular flexibility index (Phi) is 16.5. The van der Waals surface area contributed by atoms with Gasteiger partial charge < -0.3 is 57.4 Å². The van der Waals surface area contributed by atoms with Crippen LogP contribution in [-0.4, -0.2) is 136 Å². The molecule has 1 amide bonds. The van der Waals surface area contributed by atoms with Crippen LogP contribution in [0.25, 0.3) is 10.4 Å². The highest BCUT2D eigenvalue weighted by Gasteiger charge is 2.48. The molecule has 0 unspecified atom stereocenters. The lowest BCUT2D eigenvalue weighted by Crippen LogP contribution is -2.61. The van der Waals surface area contributed by atoms with Gasteiger partial charge in [-0.05, 0) is 41.4 Å². The Bertz CT molecular complexity index is 1580. The van der Waals surface area contributed by atoms with Crippen molar-refractivity contribution in [3.63, 3.8) is 0 Å². The number of carboxylic acids is 1. The summed E-state index contributed by atoms with van der Waals surface area (Å²) < 4.78 is 62.8. The molecule has 1 aliphatic heterocycles. The second-order valence-corrected chi connectivity index (χ2v) is 11.7. The van der Waals surface area contributed by atoms with Crippen LogP contribution >= 0.6 is 0 Å². The molecule has 6 N–H and O–H groups in total. The SMILES string of the molecule is CN(CCOCCOCCOCCN=[N+]=[N-])C(=O)c1ccc(O[C@@H]2O[C@H](C(=O)O)[C@@H](O)[C@H](O)[C@H]2O)c(OS(=O)(=O)Oc2ccc(CON)cc2)c1. The van der Waals surface area contributed by atoms with E-state index in [1.807, 2.05) is 0 Å². The first-order chi connectivity index (χ1) is 24.4. The molecular weight excluding hydrogens is 706 g/mol. The fraction of sp³-hybridized carbons (Fsp3) is 0.517. The van der Waals surface area contributed by atoms with E-state index in [4.69, 9.17) is 43.5 Å². The maximum Gasteiger partial charge on any atom is 0.501 e. The van der Waals surface area contributed by atoms with Gasteiger partial charge in [-0.25, -0.2) is 10.7 Å². The average molecular weight is 746 g/mol. The highest BCUT2D eigenvalue weighted by Crippen LogP contribution is 2.34. The number of azide groups is 1. The third kappa shape index (κ3) is 13.1. The zero-order chi connectivity index (χ0) is 37.4. The monoisotopic (exact) mass is 745 g/mol. The van der Waals surface area contributed by atoms with Gasteiger partial charge in [-0.2, -0.15) is 0 Å². The molecule has 21 nitrogen and oxygen atoms in total. The van der Waals surface area contributed by atoms with E-state index in [0.29, 0.717) is 18.8 Å². The number of rotatable bonds is 22. The van der Waals surface area contributed by atoms with E-state index < -0.39 is 64.5 Å². The largest absolute Gasteiger partial charge is 0.501 e.